The minimum Gasteiger partial charge on any atom is -0.459 e. The number of hydrogen-bond acceptors (Lipinski definition) is 5. The molecule has 1 aliphatic rings. The first-order chi connectivity index (χ1) is 9.10. The largest absolute Gasteiger partial charge is 0.459 e. The average molecular weight is 266 g/mol. The summed E-state index contributed by atoms with van der Waals surface area (Å²) in [5.41, 5.74) is 1.59. The van der Waals surface area contributed by atoms with Gasteiger partial charge in [-0.05, 0) is 19.1 Å². The summed E-state index contributed by atoms with van der Waals surface area (Å²) < 4.78 is 15.5. The first-order valence-corrected chi connectivity index (χ1v) is 6.20. The highest BCUT2D eigenvalue weighted by Crippen LogP contribution is 2.21. The van der Waals surface area contributed by atoms with Gasteiger partial charge in [0.25, 0.3) is 0 Å². The van der Waals surface area contributed by atoms with E-state index in [1.54, 1.807) is 12.1 Å². The molecule has 1 saturated heterocycles. The third-order valence-corrected chi connectivity index (χ3v) is 3.07. The lowest BCUT2D eigenvalue weighted by Crippen LogP contribution is -2.22. The Morgan fingerprint density at radius 1 is 1.42 bits per heavy atom. The summed E-state index contributed by atoms with van der Waals surface area (Å²) in [6.45, 7) is 2.07. The predicted molar refractivity (Wildman–Crippen MR) is 67.8 cm³/mol. The Labute approximate surface area is 112 Å². The second-order valence-electron chi connectivity index (χ2n) is 4.63. The van der Waals surface area contributed by atoms with Crippen LogP contribution in [0.25, 0.3) is 0 Å². The SMILES string of the molecule is COC1OC(COC(=O)c2ccc(C)cc2)CC1O. The van der Waals surface area contributed by atoms with Crippen LogP contribution >= 0.6 is 0 Å². The van der Waals surface area contributed by atoms with Gasteiger partial charge in [-0.1, -0.05) is 17.7 Å². The summed E-state index contributed by atoms with van der Waals surface area (Å²) in [5, 5.41) is 9.58. The summed E-state index contributed by atoms with van der Waals surface area (Å²) in [6, 6.07) is 7.15. The van der Waals surface area contributed by atoms with Gasteiger partial charge < -0.3 is 19.3 Å². The molecule has 3 atom stereocenters. The first-order valence-electron chi connectivity index (χ1n) is 6.20. The summed E-state index contributed by atoms with van der Waals surface area (Å²) in [7, 11) is 1.47. The maximum absolute atomic E-state index is 11.8. The molecule has 0 radical (unpaired) electrons. The second-order valence-corrected chi connectivity index (χ2v) is 4.63. The molecule has 1 aromatic rings. The van der Waals surface area contributed by atoms with Crippen LogP contribution in [-0.4, -0.2) is 43.3 Å². The number of hydrogen-bond donors (Lipinski definition) is 1. The van der Waals surface area contributed by atoms with Crippen LogP contribution in [0.15, 0.2) is 24.3 Å². The van der Waals surface area contributed by atoms with Gasteiger partial charge in [-0.25, -0.2) is 4.79 Å². The fraction of sp³-hybridized carbons (Fsp3) is 0.500. The third kappa shape index (κ3) is 3.53. The number of rotatable bonds is 4. The van der Waals surface area contributed by atoms with Gasteiger partial charge in [0.1, 0.15) is 12.7 Å². The second kappa shape index (κ2) is 6.14. The molecule has 0 bridgehead atoms. The topological polar surface area (TPSA) is 65.0 Å². The molecule has 1 N–H and O–H groups in total. The maximum Gasteiger partial charge on any atom is 0.338 e. The molecule has 5 nitrogen and oxygen atoms in total. The van der Waals surface area contributed by atoms with Crippen molar-refractivity contribution in [3.8, 4) is 0 Å². The molecule has 0 aliphatic carbocycles. The number of methoxy groups -OCH3 is 1. The quantitative estimate of drug-likeness (QED) is 0.831. The average Bonchev–Trinajstić information content (AvgIpc) is 2.77. The Morgan fingerprint density at radius 3 is 2.68 bits per heavy atom. The Hall–Kier alpha value is -1.43. The van der Waals surface area contributed by atoms with E-state index in [0.29, 0.717) is 12.0 Å². The van der Waals surface area contributed by atoms with Crippen LogP contribution in [0.3, 0.4) is 0 Å². The number of esters is 1. The van der Waals surface area contributed by atoms with Gasteiger partial charge in [0.05, 0.1) is 11.7 Å². The molecule has 0 amide bonds. The molecule has 0 saturated carbocycles. The van der Waals surface area contributed by atoms with E-state index in [1.165, 1.54) is 7.11 Å². The molecule has 1 aliphatic heterocycles. The number of benzene rings is 1. The minimum atomic E-state index is -0.673. The van der Waals surface area contributed by atoms with Crippen molar-refractivity contribution < 1.29 is 24.1 Å². The fourth-order valence-electron chi connectivity index (χ4n) is 1.98. The number of carbonyl (C=O) groups is 1. The number of aliphatic hydroxyl groups excluding tert-OH is 1. The highest BCUT2D eigenvalue weighted by atomic mass is 16.7. The zero-order valence-electron chi connectivity index (χ0n) is 11.0. The van der Waals surface area contributed by atoms with Crippen molar-refractivity contribution in [2.45, 2.75) is 31.8 Å². The molecular formula is C14H18O5. The van der Waals surface area contributed by atoms with E-state index >= 15 is 0 Å². The van der Waals surface area contributed by atoms with Crippen molar-refractivity contribution in [1.29, 1.82) is 0 Å². The molecule has 1 heterocycles. The number of ether oxygens (including phenoxy) is 3. The van der Waals surface area contributed by atoms with Crippen molar-refractivity contribution in [2.75, 3.05) is 13.7 Å². The van der Waals surface area contributed by atoms with Gasteiger partial charge in [-0.15, -0.1) is 0 Å². The van der Waals surface area contributed by atoms with Gasteiger partial charge in [0.15, 0.2) is 6.29 Å². The Morgan fingerprint density at radius 2 is 2.11 bits per heavy atom. The van der Waals surface area contributed by atoms with Gasteiger partial charge in [-0.2, -0.15) is 0 Å². The van der Waals surface area contributed by atoms with Gasteiger partial charge in [0, 0.05) is 13.5 Å². The zero-order valence-corrected chi connectivity index (χ0v) is 11.0. The standard InChI is InChI=1S/C14H18O5/c1-9-3-5-10(6-4-9)13(16)18-8-11-7-12(15)14(17-2)19-11/h3-6,11-12,14-15H,7-8H2,1-2H3. The summed E-state index contributed by atoms with van der Waals surface area (Å²) in [6.07, 6.45) is -1.23. The maximum atomic E-state index is 11.8. The van der Waals surface area contributed by atoms with E-state index in [4.69, 9.17) is 14.2 Å². The van der Waals surface area contributed by atoms with E-state index in [-0.39, 0.29) is 18.7 Å². The molecule has 5 heteroatoms. The monoisotopic (exact) mass is 266 g/mol. The molecule has 104 valence electrons. The van der Waals surface area contributed by atoms with Crippen LogP contribution in [0.1, 0.15) is 22.3 Å². The van der Waals surface area contributed by atoms with E-state index in [9.17, 15) is 9.90 Å². The van der Waals surface area contributed by atoms with Crippen LogP contribution in [-0.2, 0) is 14.2 Å². The summed E-state index contributed by atoms with van der Waals surface area (Å²) in [4.78, 5) is 11.8. The van der Waals surface area contributed by atoms with Crippen LogP contribution in [0, 0.1) is 6.92 Å². The molecule has 3 unspecified atom stereocenters. The lowest BCUT2D eigenvalue weighted by atomic mass is 10.1. The van der Waals surface area contributed by atoms with Crippen molar-refractivity contribution in [3.63, 3.8) is 0 Å². The van der Waals surface area contributed by atoms with Crippen molar-refractivity contribution >= 4 is 5.97 Å². The highest BCUT2D eigenvalue weighted by molar-refractivity contribution is 5.89. The molecular weight excluding hydrogens is 248 g/mol. The van der Waals surface area contributed by atoms with E-state index in [0.717, 1.165) is 5.56 Å². The molecule has 0 aromatic heterocycles. The Bertz CT molecular complexity index is 428. The first kappa shape index (κ1) is 14.0. The summed E-state index contributed by atoms with van der Waals surface area (Å²) >= 11 is 0. The van der Waals surface area contributed by atoms with Crippen LogP contribution in [0.5, 0.6) is 0 Å². The molecule has 2 rings (SSSR count). The molecule has 0 spiro atoms. The van der Waals surface area contributed by atoms with Crippen LogP contribution in [0.2, 0.25) is 0 Å². The number of aryl methyl sites for hydroxylation is 1. The number of aliphatic hydroxyl groups is 1. The minimum absolute atomic E-state index is 0.115. The molecule has 1 fully saturated rings. The summed E-state index contributed by atoms with van der Waals surface area (Å²) in [5.74, 6) is -0.390. The third-order valence-electron chi connectivity index (χ3n) is 3.07. The van der Waals surface area contributed by atoms with Gasteiger partial charge in [0.2, 0.25) is 0 Å². The van der Waals surface area contributed by atoms with Crippen LogP contribution < -0.4 is 0 Å². The van der Waals surface area contributed by atoms with Crippen molar-refractivity contribution in [2.24, 2.45) is 0 Å². The lowest BCUT2D eigenvalue weighted by molar-refractivity contribution is -0.153. The smallest absolute Gasteiger partial charge is 0.338 e. The zero-order chi connectivity index (χ0) is 13.8. The molecule has 19 heavy (non-hydrogen) atoms. The van der Waals surface area contributed by atoms with E-state index in [1.807, 2.05) is 19.1 Å². The van der Waals surface area contributed by atoms with Gasteiger partial charge in [-0.3, -0.25) is 0 Å². The van der Waals surface area contributed by atoms with Crippen molar-refractivity contribution in [3.05, 3.63) is 35.4 Å². The van der Waals surface area contributed by atoms with Crippen LogP contribution in [0.4, 0.5) is 0 Å². The highest BCUT2D eigenvalue weighted by Gasteiger charge is 2.34. The Kier molecular flexibility index (Phi) is 4.52. The van der Waals surface area contributed by atoms with E-state index in [2.05, 4.69) is 0 Å². The van der Waals surface area contributed by atoms with Crippen molar-refractivity contribution in [1.82, 2.24) is 0 Å². The fourth-order valence-corrected chi connectivity index (χ4v) is 1.98. The van der Waals surface area contributed by atoms with E-state index < -0.39 is 12.4 Å². The Balaban J connectivity index is 1.83. The predicted octanol–water partition coefficient (Wildman–Crippen LogP) is 1.27. The normalized spacial score (nSPS) is 26.4. The lowest BCUT2D eigenvalue weighted by Gasteiger charge is -2.13. The molecule has 1 aromatic carbocycles. The number of carbonyl (C=O) groups excluding carboxylic acids is 1. The van der Waals surface area contributed by atoms with Gasteiger partial charge >= 0.3 is 5.97 Å².